The lowest BCUT2D eigenvalue weighted by atomic mass is 10.1. The fourth-order valence-corrected chi connectivity index (χ4v) is 3.89. The van der Waals surface area contributed by atoms with Crippen molar-refractivity contribution in [3.8, 4) is 0 Å². The highest BCUT2D eigenvalue weighted by molar-refractivity contribution is 7.99. The Bertz CT molecular complexity index is 896. The number of ether oxygens (including phenoxy) is 2. The van der Waals surface area contributed by atoms with Crippen LogP contribution in [0.4, 0.5) is 13.2 Å². The molecule has 4 nitrogen and oxygen atoms in total. The van der Waals surface area contributed by atoms with Gasteiger partial charge in [0, 0.05) is 22.9 Å². The Morgan fingerprint density at radius 2 is 2.03 bits per heavy atom. The lowest BCUT2D eigenvalue weighted by Crippen LogP contribution is -2.04. The van der Waals surface area contributed by atoms with Crippen molar-refractivity contribution >= 4 is 22.7 Å². The molecule has 0 aliphatic carbocycles. The Labute approximate surface area is 171 Å². The molecule has 0 spiro atoms. The van der Waals surface area contributed by atoms with Crippen molar-refractivity contribution in [2.75, 3.05) is 19.0 Å². The molecule has 0 saturated carbocycles. The van der Waals surface area contributed by atoms with Gasteiger partial charge in [-0.05, 0) is 49.3 Å². The van der Waals surface area contributed by atoms with E-state index in [0.717, 1.165) is 53.2 Å². The van der Waals surface area contributed by atoms with Gasteiger partial charge in [0.1, 0.15) is 24.4 Å². The molecule has 1 aromatic carbocycles. The van der Waals surface area contributed by atoms with Crippen molar-refractivity contribution < 1.29 is 27.8 Å². The third-order valence-electron chi connectivity index (χ3n) is 4.39. The lowest BCUT2D eigenvalue weighted by molar-refractivity contribution is -0.137. The number of aliphatic hydroxyl groups is 1. The first-order chi connectivity index (χ1) is 14.0. The second-order valence-corrected chi connectivity index (χ2v) is 7.67. The maximum Gasteiger partial charge on any atom is 0.416 e. The number of rotatable bonds is 9. The quantitative estimate of drug-likeness (QED) is 0.414. The van der Waals surface area contributed by atoms with Gasteiger partial charge in [-0.25, -0.2) is 0 Å². The van der Waals surface area contributed by atoms with Gasteiger partial charge in [-0.3, -0.25) is 4.98 Å². The van der Waals surface area contributed by atoms with E-state index in [-0.39, 0.29) is 6.61 Å². The number of hydrogen-bond acceptors (Lipinski definition) is 5. The number of allylic oxidation sites excluding steroid dienone is 1. The molecule has 0 fully saturated rings. The van der Waals surface area contributed by atoms with Crippen LogP contribution in [0.2, 0.25) is 0 Å². The summed E-state index contributed by atoms with van der Waals surface area (Å²) in [6.07, 6.45) is 4.00. The van der Waals surface area contributed by atoms with Gasteiger partial charge in [-0.2, -0.15) is 13.2 Å². The molecule has 0 saturated heterocycles. The minimum absolute atomic E-state index is 0.113. The predicted molar refractivity (Wildman–Crippen MR) is 106 cm³/mol. The molecule has 29 heavy (non-hydrogen) atoms. The average Bonchev–Trinajstić information content (AvgIpc) is 2.72. The maximum absolute atomic E-state index is 12.9. The minimum Gasteiger partial charge on any atom is -0.494 e. The molecule has 2 heterocycles. The summed E-state index contributed by atoms with van der Waals surface area (Å²) in [5.74, 6) is 2.15. The molecule has 0 bridgehead atoms. The van der Waals surface area contributed by atoms with Gasteiger partial charge in [0.25, 0.3) is 0 Å². The van der Waals surface area contributed by atoms with Gasteiger partial charge in [0.15, 0.2) is 0 Å². The number of aliphatic hydroxyl groups excluding tert-OH is 1. The third kappa shape index (κ3) is 6.14. The maximum atomic E-state index is 12.9. The first kappa shape index (κ1) is 21.5. The largest absolute Gasteiger partial charge is 0.494 e. The summed E-state index contributed by atoms with van der Waals surface area (Å²) in [6, 6.07) is 5.54. The number of aromatic nitrogens is 1. The zero-order chi connectivity index (χ0) is 20.7. The highest BCUT2D eigenvalue weighted by Crippen LogP contribution is 2.34. The van der Waals surface area contributed by atoms with Crippen LogP contribution in [-0.2, 0) is 15.7 Å². The SMILES string of the molecule is OCC1=CCC(OCCCCCSc2ccnc3cc(C(F)(F)F)ccc23)=CO1. The summed E-state index contributed by atoms with van der Waals surface area (Å²) in [6.45, 7) is 0.484. The molecular formula is C21H22F3NO3S. The van der Waals surface area contributed by atoms with Crippen LogP contribution in [0.25, 0.3) is 10.9 Å². The molecule has 0 amide bonds. The Morgan fingerprint density at radius 3 is 2.76 bits per heavy atom. The first-order valence-electron chi connectivity index (χ1n) is 9.34. The average molecular weight is 425 g/mol. The molecule has 156 valence electrons. The van der Waals surface area contributed by atoms with Gasteiger partial charge in [-0.1, -0.05) is 6.07 Å². The Balaban J connectivity index is 1.40. The first-order valence-corrected chi connectivity index (χ1v) is 10.3. The van der Waals surface area contributed by atoms with E-state index in [1.807, 2.05) is 6.07 Å². The van der Waals surface area contributed by atoms with Crippen LogP contribution in [0.1, 0.15) is 31.2 Å². The van der Waals surface area contributed by atoms with E-state index in [2.05, 4.69) is 4.98 Å². The van der Waals surface area contributed by atoms with Gasteiger partial charge in [0.05, 0.1) is 17.7 Å². The summed E-state index contributed by atoms with van der Waals surface area (Å²) in [7, 11) is 0. The van der Waals surface area contributed by atoms with Crippen molar-refractivity contribution in [1.29, 1.82) is 0 Å². The van der Waals surface area contributed by atoms with Crippen LogP contribution in [0, 0.1) is 0 Å². The Morgan fingerprint density at radius 1 is 1.17 bits per heavy atom. The Hall–Kier alpha value is -2.19. The molecule has 0 atom stereocenters. The number of pyridine rings is 1. The smallest absolute Gasteiger partial charge is 0.416 e. The second-order valence-electron chi connectivity index (χ2n) is 6.53. The molecule has 1 aromatic heterocycles. The minimum atomic E-state index is -4.36. The van der Waals surface area contributed by atoms with Crippen LogP contribution >= 0.6 is 11.8 Å². The van der Waals surface area contributed by atoms with E-state index in [1.54, 1.807) is 24.0 Å². The summed E-state index contributed by atoms with van der Waals surface area (Å²) in [5, 5.41) is 9.69. The monoisotopic (exact) mass is 425 g/mol. The fourth-order valence-electron chi connectivity index (χ4n) is 2.84. The third-order valence-corrected chi connectivity index (χ3v) is 5.55. The van der Waals surface area contributed by atoms with Crippen LogP contribution in [0.3, 0.4) is 0 Å². The number of nitrogens with zero attached hydrogens (tertiary/aromatic N) is 1. The molecule has 1 N–H and O–H groups in total. The second kappa shape index (κ2) is 10.0. The number of hydrogen-bond donors (Lipinski definition) is 1. The molecule has 1 aliphatic rings. The standard InChI is InChI=1S/C21H22F3NO3S/c22-21(23,24)15-4-7-18-19(12-15)25-9-8-20(18)29-11-3-1-2-10-27-17-6-5-16(13-26)28-14-17/h4-5,7-9,12,14,26H,1-3,6,10-11,13H2. The Kier molecular flexibility index (Phi) is 7.44. The predicted octanol–water partition coefficient (Wildman–Crippen LogP) is 5.67. The van der Waals surface area contributed by atoms with E-state index in [0.29, 0.717) is 24.3 Å². The van der Waals surface area contributed by atoms with Gasteiger partial charge in [0.2, 0.25) is 0 Å². The van der Waals surface area contributed by atoms with Crippen molar-refractivity contribution in [3.63, 3.8) is 0 Å². The van der Waals surface area contributed by atoms with Crippen LogP contribution in [0.15, 0.2) is 59.2 Å². The molecule has 0 radical (unpaired) electrons. The van der Waals surface area contributed by atoms with Gasteiger partial charge in [-0.15, -0.1) is 11.8 Å². The molecule has 1 aliphatic heterocycles. The van der Waals surface area contributed by atoms with Gasteiger partial charge < -0.3 is 14.6 Å². The molecular weight excluding hydrogens is 403 g/mol. The topological polar surface area (TPSA) is 51.6 Å². The van der Waals surface area contributed by atoms with E-state index < -0.39 is 11.7 Å². The van der Waals surface area contributed by atoms with E-state index in [9.17, 15) is 13.2 Å². The van der Waals surface area contributed by atoms with Gasteiger partial charge >= 0.3 is 6.18 Å². The van der Waals surface area contributed by atoms with E-state index in [1.165, 1.54) is 12.3 Å². The molecule has 2 aromatic rings. The number of fused-ring (bicyclic) bond motifs is 1. The molecule has 8 heteroatoms. The number of alkyl halides is 3. The summed E-state index contributed by atoms with van der Waals surface area (Å²) in [5.41, 5.74) is -0.319. The number of thioether (sulfide) groups is 1. The zero-order valence-electron chi connectivity index (χ0n) is 15.7. The highest BCUT2D eigenvalue weighted by atomic mass is 32.2. The van der Waals surface area contributed by atoms with Crippen molar-refractivity contribution in [1.82, 2.24) is 4.98 Å². The normalized spacial score (nSPS) is 14.3. The van der Waals surface area contributed by atoms with Crippen LogP contribution < -0.4 is 0 Å². The zero-order valence-corrected chi connectivity index (χ0v) is 16.6. The van der Waals surface area contributed by atoms with Crippen molar-refractivity contribution in [2.24, 2.45) is 0 Å². The van der Waals surface area contributed by atoms with E-state index in [4.69, 9.17) is 14.6 Å². The fraction of sp³-hybridized carbons (Fsp3) is 0.381. The van der Waals surface area contributed by atoms with Crippen molar-refractivity contribution in [2.45, 2.75) is 36.8 Å². The number of benzene rings is 1. The molecule has 3 rings (SSSR count). The summed E-state index contributed by atoms with van der Waals surface area (Å²) >= 11 is 1.63. The molecule has 0 unspecified atom stereocenters. The number of unbranched alkanes of at least 4 members (excludes halogenated alkanes) is 2. The summed E-state index contributed by atoms with van der Waals surface area (Å²) in [4.78, 5) is 5.02. The van der Waals surface area contributed by atoms with Crippen LogP contribution in [0.5, 0.6) is 0 Å². The number of halogens is 3. The van der Waals surface area contributed by atoms with Crippen LogP contribution in [-0.4, -0.2) is 29.1 Å². The summed E-state index contributed by atoms with van der Waals surface area (Å²) < 4.78 is 49.4. The van der Waals surface area contributed by atoms with Crippen molar-refractivity contribution in [3.05, 3.63) is 59.9 Å². The lowest BCUT2D eigenvalue weighted by Gasteiger charge is -2.14. The highest BCUT2D eigenvalue weighted by Gasteiger charge is 2.30. The van der Waals surface area contributed by atoms with E-state index >= 15 is 0 Å².